The Balaban J connectivity index is 1.83. The molecule has 0 spiro atoms. The summed E-state index contributed by atoms with van der Waals surface area (Å²) in [6.07, 6.45) is 6.94. The molecule has 4 rings (SSSR count). The van der Waals surface area contributed by atoms with Crippen LogP contribution in [0.5, 0.6) is 0 Å². The molecule has 2 aromatic heterocycles. The Morgan fingerprint density at radius 3 is 3.10 bits per heavy atom. The lowest BCUT2D eigenvalue weighted by Gasteiger charge is -2.27. The monoisotopic (exact) mass is 272 g/mol. The van der Waals surface area contributed by atoms with Crippen molar-refractivity contribution < 1.29 is 4.74 Å². The van der Waals surface area contributed by atoms with E-state index in [1.165, 1.54) is 12.8 Å². The molecule has 0 aromatic carbocycles. The van der Waals surface area contributed by atoms with Gasteiger partial charge in [-0.05, 0) is 44.4 Å². The summed E-state index contributed by atoms with van der Waals surface area (Å²) in [6.45, 7) is 2.72. The van der Waals surface area contributed by atoms with Crippen molar-refractivity contribution in [2.75, 3.05) is 19.8 Å². The van der Waals surface area contributed by atoms with E-state index in [0.29, 0.717) is 12.1 Å². The van der Waals surface area contributed by atoms with Crippen LogP contribution in [0.25, 0.3) is 11.2 Å². The first kappa shape index (κ1) is 12.3. The van der Waals surface area contributed by atoms with E-state index in [4.69, 9.17) is 9.72 Å². The number of piperidine rings is 1. The normalized spacial score (nSPS) is 27.2. The predicted molar refractivity (Wildman–Crippen MR) is 76.6 cm³/mol. The zero-order valence-electron chi connectivity index (χ0n) is 11.6. The number of hydrogen-bond donors (Lipinski definition) is 1. The molecule has 20 heavy (non-hydrogen) atoms. The van der Waals surface area contributed by atoms with Crippen molar-refractivity contribution in [2.45, 2.75) is 37.8 Å². The van der Waals surface area contributed by atoms with Crippen LogP contribution in [0.3, 0.4) is 0 Å². The van der Waals surface area contributed by atoms with Crippen LogP contribution >= 0.6 is 0 Å². The lowest BCUT2D eigenvalue weighted by Crippen LogP contribution is -2.33. The van der Waals surface area contributed by atoms with E-state index in [9.17, 15) is 0 Å². The van der Waals surface area contributed by atoms with Crippen molar-refractivity contribution >= 4 is 11.2 Å². The van der Waals surface area contributed by atoms with Gasteiger partial charge in [-0.25, -0.2) is 9.97 Å². The van der Waals surface area contributed by atoms with Gasteiger partial charge in [0.2, 0.25) is 0 Å². The molecule has 2 aliphatic heterocycles. The number of aromatic nitrogens is 3. The maximum atomic E-state index is 5.56. The van der Waals surface area contributed by atoms with Crippen molar-refractivity contribution in [3.63, 3.8) is 0 Å². The van der Waals surface area contributed by atoms with E-state index in [1.54, 1.807) is 0 Å². The van der Waals surface area contributed by atoms with Crippen molar-refractivity contribution in [2.24, 2.45) is 0 Å². The van der Waals surface area contributed by atoms with E-state index in [-0.39, 0.29) is 0 Å². The fraction of sp³-hybridized carbons (Fsp3) is 0.600. The first-order valence-corrected chi connectivity index (χ1v) is 7.57. The number of rotatable bonds is 2. The van der Waals surface area contributed by atoms with Crippen LogP contribution in [0, 0.1) is 0 Å². The van der Waals surface area contributed by atoms with Crippen LogP contribution in [0.1, 0.15) is 43.6 Å². The van der Waals surface area contributed by atoms with Crippen LogP contribution in [0.15, 0.2) is 18.3 Å². The molecule has 0 radical (unpaired) electrons. The van der Waals surface area contributed by atoms with Gasteiger partial charge < -0.3 is 4.74 Å². The van der Waals surface area contributed by atoms with Gasteiger partial charge in [0.25, 0.3) is 0 Å². The number of pyridine rings is 1. The molecular weight excluding hydrogens is 252 g/mol. The Morgan fingerprint density at radius 1 is 1.30 bits per heavy atom. The Hall–Kier alpha value is -1.46. The lowest BCUT2D eigenvalue weighted by atomic mass is 10.1. The molecule has 1 N–H and O–H groups in total. The number of nitrogens with zero attached hydrogens (tertiary/aromatic N) is 3. The van der Waals surface area contributed by atoms with E-state index in [1.807, 2.05) is 12.3 Å². The highest BCUT2D eigenvalue weighted by Crippen LogP contribution is 2.31. The van der Waals surface area contributed by atoms with E-state index < -0.39 is 0 Å². The van der Waals surface area contributed by atoms with Gasteiger partial charge in [-0.2, -0.15) is 0 Å². The van der Waals surface area contributed by atoms with E-state index in [0.717, 1.165) is 49.6 Å². The second-order valence-corrected chi connectivity index (χ2v) is 5.71. The molecule has 2 aliphatic rings. The second kappa shape index (κ2) is 5.14. The van der Waals surface area contributed by atoms with Gasteiger partial charge in [-0.15, -0.1) is 0 Å². The first-order valence-electron chi connectivity index (χ1n) is 7.57. The van der Waals surface area contributed by atoms with Crippen molar-refractivity contribution in [1.29, 1.82) is 0 Å². The highest BCUT2D eigenvalue weighted by atomic mass is 16.5. The minimum absolute atomic E-state index is 0.333. The topological polar surface area (TPSA) is 52.0 Å². The van der Waals surface area contributed by atoms with Gasteiger partial charge in [0.05, 0.1) is 12.8 Å². The summed E-state index contributed by atoms with van der Waals surface area (Å²) in [7, 11) is 0. The third-order valence-electron chi connectivity index (χ3n) is 4.37. The van der Waals surface area contributed by atoms with Crippen LogP contribution in [-0.4, -0.2) is 34.3 Å². The largest absolute Gasteiger partial charge is 0.381 e. The number of hydrogen-bond acceptors (Lipinski definition) is 4. The average molecular weight is 272 g/mol. The molecule has 0 saturated carbocycles. The molecule has 2 atom stereocenters. The summed E-state index contributed by atoms with van der Waals surface area (Å²) >= 11 is 0. The fourth-order valence-electron chi connectivity index (χ4n) is 3.33. The Bertz CT molecular complexity index is 597. The van der Waals surface area contributed by atoms with Crippen molar-refractivity contribution in [3.8, 4) is 0 Å². The Labute approximate surface area is 118 Å². The number of nitrogens with one attached hydrogen (secondary N) is 1. The first-order chi connectivity index (χ1) is 9.93. The predicted octanol–water partition coefficient (Wildman–Crippen LogP) is 2.21. The minimum atomic E-state index is 0.333. The molecule has 2 saturated heterocycles. The molecular formula is C15H20N4O. The molecule has 5 nitrogen and oxygen atoms in total. The number of ether oxygens (including phenoxy) is 1. The number of imidazole rings is 1. The SMILES string of the molecule is c1cnc2c(c1)nc(C1CCOC1)n2C1CCCCN1. The van der Waals surface area contributed by atoms with Crippen LogP contribution in [-0.2, 0) is 4.74 Å². The standard InChI is InChI=1S/C15H20N4O/c1-2-7-16-13(5-1)19-14(11-6-9-20-10-11)18-12-4-3-8-17-15(12)19/h3-4,8,11,13,16H,1-2,5-7,9-10H2. The van der Waals surface area contributed by atoms with Crippen molar-refractivity contribution in [1.82, 2.24) is 19.9 Å². The summed E-state index contributed by atoms with van der Waals surface area (Å²) in [5, 5.41) is 3.62. The third kappa shape index (κ3) is 2.01. The molecule has 106 valence electrons. The van der Waals surface area contributed by atoms with Gasteiger partial charge in [0, 0.05) is 18.7 Å². The summed E-state index contributed by atoms with van der Waals surface area (Å²) in [4.78, 5) is 9.42. The van der Waals surface area contributed by atoms with Gasteiger partial charge in [0.15, 0.2) is 5.65 Å². The molecule has 0 aliphatic carbocycles. The summed E-state index contributed by atoms with van der Waals surface area (Å²) in [5.74, 6) is 1.56. The highest BCUT2D eigenvalue weighted by molar-refractivity contribution is 5.71. The quantitative estimate of drug-likeness (QED) is 0.910. The highest BCUT2D eigenvalue weighted by Gasteiger charge is 2.28. The van der Waals surface area contributed by atoms with Gasteiger partial charge in [0.1, 0.15) is 11.3 Å². The van der Waals surface area contributed by atoms with Crippen LogP contribution < -0.4 is 5.32 Å². The van der Waals surface area contributed by atoms with Crippen LogP contribution in [0.4, 0.5) is 0 Å². The Kier molecular flexibility index (Phi) is 3.16. The summed E-state index contributed by atoms with van der Waals surface area (Å²) in [5.41, 5.74) is 2.01. The smallest absolute Gasteiger partial charge is 0.161 e. The van der Waals surface area contributed by atoms with Crippen LogP contribution in [0.2, 0.25) is 0 Å². The Morgan fingerprint density at radius 2 is 2.30 bits per heavy atom. The summed E-state index contributed by atoms with van der Waals surface area (Å²) < 4.78 is 7.88. The molecule has 0 amide bonds. The minimum Gasteiger partial charge on any atom is -0.381 e. The van der Waals surface area contributed by atoms with E-state index >= 15 is 0 Å². The fourth-order valence-corrected chi connectivity index (χ4v) is 3.33. The number of fused-ring (bicyclic) bond motifs is 1. The lowest BCUT2D eigenvalue weighted by molar-refractivity contribution is 0.192. The third-order valence-corrected chi connectivity index (χ3v) is 4.37. The maximum Gasteiger partial charge on any atom is 0.161 e. The molecule has 4 heterocycles. The average Bonchev–Trinajstić information content (AvgIpc) is 3.15. The van der Waals surface area contributed by atoms with Gasteiger partial charge in [-0.3, -0.25) is 9.88 Å². The zero-order valence-corrected chi connectivity index (χ0v) is 11.6. The zero-order chi connectivity index (χ0) is 13.4. The molecule has 0 bridgehead atoms. The van der Waals surface area contributed by atoms with E-state index in [2.05, 4.69) is 20.9 Å². The molecule has 5 heteroatoms. The van der Waals surface area contributed by atoms with Gasteiger partial charge >= 0.3 is 0 Å². The van der Waals surface area contributed by atoms with Gasteiger partial charge in [-0.1, -0.05) is 0 Å². The molecule has 2 fully saturated rings. The summed E-state index contributed by atoms with van der Waals surface area (Å²) in [6, 6.07) is 4.02. The molecule has 2 aromatic rings. The maximum absolute atomic E-state index is 5.56. The van der Waals surface area contributed by atoms with Crippen molar-refractivity contribution in [3.05, 3.63) is 24.2 Å². The second-order valence-electron chi connectivity index (χ2n) is 5.71. The molecule has 2 unspecified atom stereocenters.